The Labute approximate surface area is 140 Å². The van der Waals surface area contributed by atoms with E-state index in [4.69, 9.17) is 4.74 Å². The smallest absolute Gasteiger partial charge is 0.115 e. The van der Waals surface area contributed by atoms with E-state index in [1.807, 2.05) is 26.2 Å². The maximum absolute atomic E-state index is 11.2. The Kier molecular flexibility index (Phi) is 6.06. The molecule has 1 unspecified atom stereocenters. The first-order chi connectivity index (χ1) is 10.8. The molecule has 1 aromatic rings. The summed E-state index contributed by atoms with van der Waals surface area (Å²) in [5.41, 5.74) is 0.452. The number of aliphatic hydroxyl groups is 1. The molecule has 0 aromatic heterocycles. The number of hydrogen-bond donors (Lipinski definition) is 2. The van der Waals surface area contributed by atoms with Gasteiger partial charge >= 0.3 is 0 Å². The largest absolute Gasteiger partial charge is 0.508 e. The minimum Gasteiger partial charge on any atom is -0.508 e. The van der Waals surface area contributed by atoms with Crippen LogP contribution in [0.15, 0.2) is 24.3 Å². The van der Waals surface area contributed by atoms with Gasteiger partial charge in [-0.05, 0) is 77.7 Å². The molecule has 0 radical (unpaired) electrons. The van der Waals surface area contributed by atoms with Gasteiger partial charge < -0.3 is 19.8 Å². The van der Waals surface area contributed by atoms with Gasteiger partial charge in [-0.15, -0.1) is 0 Å². The second-order valence-corrected chi connectivity index (χ2v) is 7.34. The molecule has 0 heterocycles. The maximum Gasteiger partial charge on any atom is 0.115 e. The lowest BCUT2D eigenvalue weighted by Crippen LogP contribution is -2.54. The van der Waals surface area contributed by atoms with E-state index in [1.165, 1.54) is 0 Å². The molecular weight excluding hydrogens is 290 g/mol. The average Bonchev–Trinajstić information content (AvgIpc) is 2.48. The van der Waals surface area contributed by atoms with Crippen LogP contribution in [0.1, 0.15) is 45.1 Å². The maximum atomic E-state index is 11.2. The number of nitrogens with zero attached hydrogens (tertiary/aromatic N) is 1. The summed E-state index contributed by atoms with van der Waals surface area (Å²) < 4.78 is 5.90. The summed E-state index contributed by atoms with van der Waals surface area (Å²) in [4.78, 5) is 2.12. The first-order valence-corrected chi connectivity index (χ1v) is 8.62. The van der Waals surface area contributed by atoms with E-state index in [-0.39, 0.29) is 24.0 Å². The standard InChI is InChI=1S/C19H31NO3/c1-14(2)23-17-9-11-19(22,12-10-17)18(20(3)4)13-15-5-7-16(21)8-6-15/h5-8,14,17-18,21-22H,9-13H2,1-4H3. The molecule has 1 fully saturated rings. The highest BCUT2D eigenvalue weighted by Gasteiger charge is 2.41. The SMILES string of the molecule is CC(C)OC1CCC(O)(C(Cc2ccc(O)cc2)N(C)C)CC1. The van der Waals surface area contributed by atoms with Crippen molar-refractivity contribution in [3.63, 3.8) is 0 Å². The normalized spacial score (nSPS) is 26.7. The molecule has 23 heavy (non-hydrogen) atoms. The first kappa shape index (κ1) is 18.2. The molecule has 2 rings (SSSR count). The van der Waals surface area contributed by atoms with Crippen molar-refractivity contribution < 1.29 is 14.9 Å². The fraction of sp³-hybridized carbons (Fsp3) is 0.684. The fourth-order valence-electron chi connectivity index (χ4n) is 3.65. The molecule has 2 N–H and O–H groups in total. The van der Waals surface area contributed by atoms with Crippen molar-refractivity contribution in [1.29, 1.82) is 0 Å². The third-order valence-corrected chi connectivity index (χ3v) is 4.87. The van der Waals surface area contributed by atoms with E-state index < -0.39 is 5.60 Å². The van der Waals surface area contributed by atoms with Gasteiger partial charge in [0.1, 0.15) is 5.75 Å². The Morgan fingerprint density at radius 3 is 2.22 bits per heavy atom. The highest BCUT2D eigenvalue weighted by Crippen LogP contribution is 2.36. The molecule has 1 saturated carbocycles. The number of phenols is 1. The molecule has 4 heteroatoms. The van der Waals surface area contributed by atoms with Crippen LogP contribution in [0.2, 0.25) is 0 Å². The zero-order valence-electron chi connectivity index (χ0n) is 14.8. The van der Waals surface area contributed by atoms with Crippen LogP contribution in [-0.4, -0.2) is 53.1 Å². The lowest BCUT2D eigenvalue weighted by molar-refractivity contribution is -0.103. The third kappa shape index (κ3) is 4.93. The molecule has 1 atom stereocenters. The van der Waals surface area contributed by atoms with Gasteiger partial charge in [-0.2, -0.15) is 0 Å². The number of benzene rings is 1. The van der Waals surface area contributed by atoms with E-state index in [0.29, 0.717) is 0 Å². The quantitative estimate of drug-likeness (QED) is 0.846. The zero-order valence-corrected chi connectivity index (χ0v) is 14.8. The van der Waals surface area contributed by atoms with Gasteiger partial charge in [0.25, 0.3) is 0 Å². The highest BCUT2D eigenvalue weighted by molar-refractivity contribution is 5.27. The summed E-state index contributed by atoms with van der Waals surface area (Å²) in [7, 11) is 4.06. The van der Waals surface area contributed by atoms with Crippen molar-refractivity contribution in [3.05, 3.63) is 29.8 Å². The van der Waals surface area contributed by atoms with Crippen LogP contribution < -0.4 is 0 Å². The van der Waals surface area contributed by atoms with E-state index in [0.717, 1.165) is 37.7 Å². The van der Waals surface area contributed by atoms with Crippen molar-refractivity contribution in [3.8, 4) is 5.75 Å². The van der Waals surface area contributed by atoms with Gasteiger partial charge in [0.05, 0.1) is 17.8 Å². The molecule has 0 aliphatic heterocycles. The number of aromatic hydroxyl groups is 1. The van der Waals surface area contributed by atoms with Crippen LogP contribution in [-0.2, 0) is 11.2 Å². The summed E-state index contributed by atoms with van der Waals surface area (Å²) >= 11 is 0. The van der Waals surface area contributed by atoms with Gasteiger partial charge in [-0.3, -0.25) is 0 Å². The Morgan fingerprint density at radius 2 is 1.74 bits per heavy atom. The number of hydrogen-bond acceptors (Lipinski definition) is 4. The predicted octanol–water partition coefficient (Wildman–Crippen LogP) is 2.96. The molecule has 1 aliphatic carbocycles. The number of rotatable bonds is 6. The van der Waals surface area contributed by atoms with Gasteiger partial charge in [0.2, 0.25) is 0 Å². The Morgan fingerprint density at radius 1 is 1.17 bits per heavy atom. The van der Waals surface area contributed by atoms with Crippen LogP contribution >= 0.6 is 0 Å². The molecule has 4 nitrogen and oxygen atoms in total. The van der Waals surface area contributed by atoms with Gasteiger partial charge in [-0.25, -0.2) is 0 Å². The zero-order chi connectivity index (χ0) is 17.0. The lowest BCUT2D eigenvalue weighted by Gasteiger charge is -2.44. The lowest BCUT2D eigenvalue weighted by atomic mass is 9.76. The number of ether oxygens (including phenoxy) is 1. The van der Waals surface area contributed by atoms with Crippen LogP contribution in [0, 0.1) is 0 Å². The molecule has 0 amide bonds. The number of likely N-dealkylation sites (N-methyl/N-ethyl adjacent to an activating group) is 1. The Bertz CT molecular complexity index is 476. The third-order valence-electron chi connectivity index (χ3n) is 4.87. The minimum absolute atomic E-state index is 0.0621. The van der Waals surface area contributed by atoms with E-state index in [1.54, 1.807) is 12.1 Å². The Balaban J connectivity index is 2.04. The summed E-state index contributed by atoms with van der Waals surface area (Å²) in [6.45, 7) is 4.13. The second-order valence-electron chi connectivity index (χ2n) is 7.34. The van der Waals surface area contributed by atoms with Gasteiger partial charge in [0.15, 0.2) is 0 Å². The molecule has 1 aliphatic rings. The highest BCUT2D eigenvalue weighted by atomic mass is 16.5. The summed E-state index contributed by atoms with van der Waals surface area (Å²) in [5.74, 6) is 0.278. The molecular formula is C19H31NO3. The fourth-order valence-corrected chi connectivity index (χ4v) is 3.65. The van der Waals surface area contributed by atoms with Crippen molar-refractivity contribution in [2.45, 2.75) is 69.8 Å². The second kappa shape index (κ2) is 7.65. The molecule has 0 spiro atoms. The minimum atomic E-state index is -0.682. The van der Waals surface area contributed by atoms with Crippen molar-refractivity contribution in [2.75, 3.05) is 14.1 Å². The van der Waals surface area contributed by atoms with Crippen LogP contribution in [0.3, 0.4) is 0 Å². The molecule has 0 saturated heterocycles. The van der Waals surface area contributed by atoms with E-state index in [9.17, 15) is 10.2 Å². The topological polar surface area (TPSA) is 52.9 Å². The van der Waals surface area contributed by atoms with E-state index in [2.05, 4.69) is 18.7 Å². The van der Waals surface area contributed by atoms with Crippen LogP contribution in [0.25, 0.3) is 0 Å². The first-order valence-electron chi connectivity index (χ1n) is 8.62. The van der Waals surface area contributed by atoms with E-state index >= 15 is 0 Å². The van der Waals surface area contributed by atoms with Gasteiger partial charge in [-0.1, -0.05) is 12.1 Å². The van der Waals surface area contributed by atoms with Gasteiger partial charge in [0, 0.05) is 6.04 Å². The summed E-state index contributed by atoms with van der Waals surface area (Å²) in [5, 5.41) is 20.6. The average molecular weight is 321 g/mol. The van der Waals surface area contributed by atoms with Crippen molar-refractivity contribution >= 4 is 0 Å². The molecule has 130 valence electrons. The van der Waals surface area contributed by atoms with Crippen LogP contribution in [0.5, 0.6) is 5.75 Å². The molecule has 0 bridgehead atoms. The summed E-state index contributed by atoms with van der Waals surface area (Å²) in [6, 6.07) is 7.34. The monoisotopic (exact) mass is 321 g/mol. The predicted molar refractivity (Wildman–Crippen MR) is 92.7 cm³/mol. The number of phenolic OH excluding ortho intramolecular Hbond substituents is 1. The molecule has 1 aromatic carbocycles. The van der Waals surface area contributed by atoms with Crippen molar-refractivity contribution in [2.24, 2.45) is 0 Å². The van der Waals surface area contributed by atoms with Crippen molar-refractivity contribution in [1.82, 2.24) is 4.90 Å². The Hall–Kier alpha value is -1.10. The van der Waals surface area contributed by atoms with Crippen LogP contribution in [0.4, 0.5) is 0 Å². The summed E-state index contributed by atoms with van der Waals surface area (Å²) in [6.07, 6.45) is 4.65.